The van der Waals surface area contributed by atoms with E-state index >= 15 is 0 Å². The standard InChI is InChI=1S/C15H19N3S.2BrH/c16-12-6-7-13-14(10-12)19-15(18-13)17-9-8-11-4-2-1-3-5-11;;/h1-5,12H,6-10,16H2,(H,17,18);2*1H. The Morgan fingerprint density at radius 2 is 2.00 bits per heavy atom. The Balaban J connectivity index is 0.00000110. The Bertz CT molecular complexity index is 545. The van der Waals surface area contributed by atoms with Crippen molar-refractivity contribution in [2.45, 2.75) is 31.7 Å². The van der Waals surface area contributed by atoms with E-state index in [0.717, 1.165) is 37.4 Å². The number of benzene rings is 1. The van der Waals surface area contributed by atoms with Crippen LogP contribution in [0.1, 0.15) is 22.6 Å². The van der Waals surface area contributed by atoms with Crippen molar-refractivity contribution in [3.8, 4) is 0 Å². The molecule has 21 heavy (non-hydrogen) atoms. The van der Waals surface area contributed by atoms with Gasteiger partial charge in [-0.15, -0.1) is 45.3 Å². The van der Waals surface area contributed by atoms with E-state index in [1.54, 1.807) is 11.3 Å². The number of hydrogen-bond donors (Lipinski definition) is 2. The van der Waals surface area contributed by atoms with E-state index in [1.165, 1.54) is 16.1 Å². The molecule has 1 heterocycles. The SMILES string of the molecule is Br.Br.NC1CCc2nc(NCCc3ccccc3)sc2C1. The van der Waals surface area contributed by atoms with Crippen molar-refractivity contribution in [2.75, 3.05) is 11.9 Å². The van der Waals surface area contributed by atoms with Gasteiger partial charge in [-0.25, -0.2) is 4.98 Å². The number of rotatable bonds is 4. The molecule has 0 bridgehead atoms. The van der Waals surface area contributed by atoms with E-state index in [0.29, 0.717) is 6.04 Å². The highest BCUT2D eigenvalue weighted by Gasteiger charge is 2.19. The Morgan fingerprint density at radius 3 is 2.76 bits per heavy atom. The first-order valence-electron chi connectivity index (χ1n) is 6.83. The van der Waals surface area contributed by atoms with Crippen LogP contribution in [0, 0.1) is 0 Å². The lowest BCUT2D eigenvalue weighted by Crippen LogP contribution is -2.26. The first kappa shape index (κ1) is 18.6. The van der Waals surface area contributed by atoms with Gasteiger partial charge >= 0.3 is 0 Å². The molecule has 0 aliphatic heterocycles. The van der Waals surface area contributed by atoms with E-state index < -0.39 is 0 Å². The molecule has 0 saturated carbocycles. The third kappa shape index (κ3) is 5.06. The Labute approximate surface area is 150 Å². The molecule has 1 unspecified atom stereocenters. The van der Waals surface area contributed by atoms with Gasteiger partial charge in [0.2, 0.25) is 0 Å². The number of anilines is 1. The van der Waals surface area contributed by atoms with Crippen LogP contribution in [0.2, 0.25) is 0 Å². The van der Waals surface area contributed by atoms with Crippen LogP contribution < -0.4 is 11.1 Å². The Kier molecular flexibility index (Phi) is 7.87. The molecule has 1 aliphatic carbocycles. The van der Waals surface area contributed by atoms with Crippen LogP contribution in [0.5, 0.6) is 0 Å². The monoisotopic (exact) mass is 433 g/mol. The summed E-state index contributed by atoms with van der Waals surface area (Å²) in [7, 11) is 0. The maximum absolute atomic E-state index is 5.99. The fraction of sp³-hybridized carbons (Fsp3) is 0.400. The molecule has 116 valence electrons. The molecule has 0 amide bonds. The summed E-state index contributed by atoms with van der Waals surface area (Å²) in [6.45, 7) is 0.933. The molecule has 3 rings (SSSR count). The number of nitrogens with two attached hydrogens (primary N) is 1. The van der Waals surface area contributed by atoms with Gasteiger partial charge < -0.3 is 11.1 Å². The fourth-order valence-electron chi connectivity index (χ4n) is 2.43. The van der Waals surface area contributed by atoms with Crippen LogP contribution in [0.4, 0.5) is 5.13 Å². The lowest BCUT2D eigenvalue weighted by molar-refractivity contribution is 0.576. The third-order valence-electron chi connectivity index (χ3n) is 3.51. The molecule has 3 N–H and O–H groups in total. The molecule has 0 spiro atoms. The van der Waals surface area contributed by atoms with Crippen molar-refractivity contribution in [3.63, 3.8) is 0 Å². The maximum Gasteiger partial charge on any atom is 0.183 e. The zero-order chi connectivity index (χ0) is 13.1. The van der Waals surface area contributed by atoms with Gasteiger partial charge in [-0.2, -0.15) is 0 Å². The van der Waals surface area contributed by atoms with Crippen LogP contribution in [-0.4, -0.2) is 17.6 Å². The summed E-state index contributed by atoms with van der Waals surface area (Å²) in [5.41, 5.74) is 8.61. The molecule has 0 fully saturated rings. The molecular formula is C15H21Br2N3S. The second-order valence-corrected chi connectivity index (χ2v) is 6.14. The van der Waals surface area contributed by atoms with Gasteiger partial charge in [-0.05, 0) is 31.2 Å². The highest BCUT2D eigenvalue weighted by molar-refractivity contribution is 8.93. The number of aromatic nitrogens is 1. The van der Waals surface area contributed by atoms with E-state index in [4.69, 9.17) is 5.73 Å². The quantitative estimate of drug-likeness (QED) is 0.769. The topological polar surface area (TPSA) is 50.9 Å². The Morgan fingerprint density at radius 1 is 1.24 bits per heavy atom. The maximum atomic E-state index is 5.99. The second-order valence-electron chi connectivity index (χ2n) is 5.05. The first-order chi connectivity index (χ1) is 9.31. The molecule has 1 aliphatic rings. The van der Waals surface area contributed by atoms with Gasteiger partial charge in [0, 0.05) is 17.5 Å². The van der Waals surface area contributed by atoms with Crippen LogP contribution in [0.15, 0.2) is 30.3 Å². The van der Waals surface area contributed by atoms with Crippen molar-refractivity contribution in [1.82, 2.24) is 4.98 Å². The van der Waals surface area contributed by atoms with E-state index in [-0.39, 0.29) is 34.0 Å². The Hall–Kier alpha value is -0.430. The van der Waals surface area contributed by atoms with Crippen LogP contribution >= 0.6 is 45.3 Å². The van der Waals surface area contributed by atoms with Crippen LogP contribution in [-0.2, 0) is 19.3 Å². The van der Waals surface area contributed by atoms with Gasteiger partial charge in [0.1, 0.15) is 0 Å². The minimum Gasteiger partial charge on any atom is -0.361 e. The summed E-state index contributed by atoms with van der Waals surface area (Å²) in [4.78, 5) is 6.04. The zero-order valence-electron chi connectivity index (χ0n) is 11.7. The number of thiazole rings is 1. The summed E-state index contributed by atoms with van der Waals surface area (Å²) in [6, 6.07) is 10.9. The van der Waals surface area contributed by atoms with Crippen LogP contribution in [0.25, 0.3) is 0 Å². The molecule has 1 aromatic carbocycles. The normalized spacial score (nSPS) is 16.3. The van der Waals surface area contributed by atoms with Gasteiger partial charge in [0.05, 0.1) is 5.69 Å². The minimum atomic E-state index is 0. The zero-order valence-corrected chi connectivity index (χ0v) is 16.0. The van der Waals surface area contributed by atoms with Crippen molar-refractivity contribution in [2.24, 2.45) is 5.73 Å². The van der Waals surface area contributed by atoms with Crippen LogP contribution in [0.3, 0.4) is 0 Å². The van der Waals surface area contributed by atoms with E-state index in [1.807, 2.05) is 0 Å². The van der Waals surface area contributed by atoms with E-state index in [9.17, 15) is 0 Å². The fourth-order valence-corrected chi connectivity index (χ4v) is 3.56. The lowest BCUT2D eigenvalue weighted by Gasteiger charge is -2.15. The van der Waals surface area contributed by atoms with Crippen molar-refractivity contribution in [3.05, 3.63) is 46.5 Å². The summed E-state index contributed by atoms with van der Waals surface area (Å²) >= 11 is 1.77. The highest BCUT2D eigenvalue weighted by atomic mass is 79.9. The number of nitrogens with one attached hydrogen (secondary N) is 1. The molecule has 0 saturated heterocycles. The third-order valence-corrected chi connectivity index (χ3v) is 4.59. The molecule has 3 nitrogen and oxygen atoms in total. The second kappa shape index (κ2) is 8.88. The molecule has 2 aromatic rings. The molecule has 0 radical (unpaired) electrons. The van der Waals surface area contributed by atoms with Gasteiger partial charge in [-0.3, -0.25) is 0 Å². The number of hydrogen-bond acceptors (Lipinski definition) is 4. The van der Waals surface area contributed by atoms with Gasteiger partial charge in [0.25, 0.3) is 0 Å². The average molecular weight is 435 g/mol. The molecule has 1 aromatic heterocycles. The van der Waals surface area contributed by atoms with Gasteiger partial charge in [0.15, 0.2) is 5.13 Å². The molecular weight excluding hydrogens is 414 g/mol. The molecule has 1 atom stereocenters. The summed E-state index contributed by atoms with van der Waals surface area (Å²) in [5, 5.41) is 4.48. The predicted octanol–water partition coefficient (Wildman–Crippen LogP) is 3.77. The number of fused-ring (bicyclic) bond motifs is 1. The van der Waals surface area contributed by atoms with Crippen molar-refractivity contribution in [1.29, 1.82) is 0 Å². The van der Waals surface area contributed by atoms with Crippen molar-refractivity contribution >= 4 is 50.4 Å². The lowest BCUT2D eigenvalue weighted by atomic mass is 9.99. The summed E-state index contributed by atoms with van der Waals surface area (Å²) in [5.74, 6) is 0. The summed E-state index contributed by atoms with van der Waals surface area (Å²) in [6.07, 6.45) is 4.13. The first-order valence-corrected chi connectivity index (χ1v) is 7.65. The van der Waals surface area contributed by atoms with Gasteiger partial charge in [-0.1, -0.05) is 30.3 Å². The smallest absolute Gasteiger partial charge is 0.183 e. The van der Waals surface area contributed by atoms with Crippen molar-refractivity contribution < 1.29 is 0 Å². The summed E-state index contributed by atoms with van der Waals surface area (Å²) < 4.78 is 0. The minimum absolute atomic E-state index is 0. The number of nitrogens with zero attached hydrogens (tertiary/aromatic N) is 1. The van der Waals surface area contributed by atoms with E-state index in [2.05, 4.69) is 40.6 Å². The molecule has 6 heteroatoms. The largest absolute Gasteiger partial charge is 0.361 e. The predicted molar refractivity (Wildman–Crippen MR) is 101 cm³/mol. The number of aryl methyl sites for hydroxylation is 1. The average Bonchev–Trinajstić information content (AvgIpc) is 2.82. The highest BCUT2D eigenvalue weighted by Crippen LogP contribution is 2.29. The number of halogens is 2.